The van der Waals surface area contributed by atoms with Gasteiger partial charge in [0.1, 0.15) is 0 Å². The molecule has 0 aromatic heterocycles. The van der Waals surface area contributed by atoms with Gasteiger partial charge in [0.2, 0.25) is 0 Å². The maximum absolute atomic E-state index is 2.38. The number of hydrogen-bond donors (Lipinski definition) is 0. The fraction of sp³-hybridized carbons (Fsp3) is 0. The quantitative estimate of drug-likeness (QED) is 0.143. The van der Waals surface area contributed by atoms with Crippen molar-refractivity contribution in [2.45, 2.75) is 9.79 Å². The number of fused-ring (bicyclic) bond motifs is 7. The number of rotatable bonds is 2. The second kappa shape index (κ2) is 9.56. The molecule has 0 unspecified atom stereocenters. The van der Waals surface area contributed by atoms with Crippen molar-refractivity contribution in [1.29, 1.82) is 0 Å². The van der Waals surface area contributed by atoms with E-state index in [1.54, 1.807) is 0 Å². The molecular weight excluding hydrogens is 561 g/mol. The summed E-state index contributed by atoms with van der Waals surface area (Å²) in [6, 6.07) is 58.5. The van der Waals surface area contributed by atoms with Crippen molar-refractivity contribution in [1.82, 2.24) is 0 Å². The van der Waals surface area contributed by atoms with Crippen molar-refractivity contribution in [2.24, 2.45) is 0 Å². The van der Waals surface area contributed by atoms with Gasteiger partial charge in [0, 0.05) is 15.2 Å². The molecule has 0 fully saturated rings. The molecule has 9 aromatic rings. The van der Waals surface area contributed by atoms with Crippen molar-refractivity contribution < 1.29 is 0 Å². The zero-order chi connectivity index (χ0) is 29.5. The molecule has 0 nitrogen and oxygen atoms in total. The van der Waals surface area contributed by atoms with E-state index in [4.69, 9.17) is 0 Å². The Bertz CT molecular complexity index is 2670. The van der Waals surface area contributed by atoms with E-state index in [2.05, 4.69) is 158 Å². The summed E-state index contributed by atoms with van der Waals surface area (Å²) in [5.41, 5.74) is 7.83. The van der Waals surface area contributed by atoms with Crippen LogP contribution in [0.15, 0.2) is 168 Å². The van der Waals surface area contributed by atoms with Crippen LogP contribution in [0.1, 0.15) is 0 Å². The molecule has 1 aliphatic rings. The molecule has 0 saturated heterocycles. The number of hydrogen-bond acceptors (Lipinski definition) is 1. The molecule has 0 aliphatic carbocycles. The van der Waals surface area contributed by atoms with Crippen molar-refractivity contribution in [3.8, 4) is 33.4 Å². The van der Waals surface area contributed by atoms with Crippen molar-refractivity contribution in [3.05, 3.63) is 158 Å². The SMILES string of the molecule is c1ccc2c(c1)Sc1ccc(-c3c4ccccc4c(-c4cccc5ccccc45)c4ccc5ccccc5c34)c3cccc-2c13. The van der Waals surface area contributed by atoms with Gasteiger partial charge in [-0.25, -0.2) is 0 Å². The highest BCUT2D eigenvalue weighted by molar-refractivity contribution is 7.99. The fourth-order valence-electron chi connectivity index (χ4n) is 7.76. The molecule has 208 valence electrons. The predicted octanol–water partition coefficient (Wildman–Crippen LogP) is 12.9. The van der Waals surface area contributed by atoms with Gasteiger partial charge in [0.05, 0.1) is 0 Å². The monoisotopic (exact) mass is 586 g/mol. The third-order valence-corrected chi connectivity index (χ3v) is 10.8. The minimum Gasteiger partial charge on any atom is -0.0888 e. The third-order valence-electron chi connectivity index (χ3n) is 9.64. The van der Waals surface area contributed by atoms with E-state index in [1.165, 1.54) is 97.0 Å². The summed E-state index contributed by atoms with van der Waals surface area (Å²) in [5.74, 6) is 0. The highest BCUT2D eigenvalue weighted by atomic mass is 32.2. The van der Waals surface area contributed by atoms with Gasteiger partial charge >= 0.3 is 0 Å². The minimum atomic E-state index is 1.26. The molecule has 0 saturated carbocycles. The van der Waals surface area contributed by atoms with Crippen LogP contribution in [0.4, 0.5) is 0 Å². The molecule has 1 heterocycles. The van der Waals surface area contributed by atoms with Crippen LogP contribution in [-0.2, 0) is 0 Å². The summed E-state index contributed by atoms with van der Waals surface area (Å²) in [6.45, 7) is 0. The van der Waals surface area contributed by atoms with Crippen LogP contribution in [0, 0.1) is 0 Å². The van der Waals surface area contributed by atoms with E-state index in [9.17, 15) is 0 Å². The van der Waals surface area contributed by atoms with Crippen LogP contribution in [0.3, 0.4) is 0 Å². The standard InChI is InChI=1S/C44H26S/c1-3-14-29-27(11-1)13-9-19-32(29)41-34-17-5-6-18-36(34)44(43-30-15-4-2-12-28(30)23-24-38(41)43)37-25-26-40-42-33(20-10-21-35(37)42)31-16-7-8-22-39(31)45-40/h1-26H. The van der Waals surface area contributed by atoms with Crippen LogP contribution in [0.2, 0.25) is 0 Å². The largest absolute Gasteiger partial charge is 0.0888 e. The molecule has 1 heteroatoms. The van der Waals surface area contributed by atoms with E-state index in [1.807, 2.05) is 11.8 Å². The van der Waals surface area contributed by atoms with E-state index in [-0.39, 0.29) is 0 Å². The summed E-state index contributed by atoms with van der Waals surface area (Å²) in [5, 5.41) is 12.9. The van der Waals surface area contributed by atoms with E-state index >= 15 is 0 Å². The molecule has 0 amide bonds. The van der Waals surface area contributed by atoms with E-state index in [0.29, 0.717) is 0 Å². The van der Waals surface area contributed by atoms with Gasteiger partial charge in [-0.05, 0) is 94.0 Å². The van der Waals surface area contributed by atoms with Crippen molar-refractivity contribution in [3.63, 3.8) is 0 Å². The summed E-state index contributed by atoms with van der Waals surface area (Å²) < 4.78 is 0. The maximum atomic E-state index is 2.38. The Labute approximate surface area is 265 Å². The molecule has 0 spiro atoms. The first kappa shape index (κ1) is 25.0. The van der Waals surface area contributed by atoms with Gasteiger partial charge in [0.25, 0.3) is 0 Å². The molecule has 45 heavy (non-hydrogen) atoms. The molecule has 0 N–H and O–H groups in total. The third kappa shape index (κ3) is 3.56. The lowest BCUT2D eigenvalue weighted by atomic mass is 9.81. The fourth-order valence-corrected chi connectivity index (χ4v) is 8.89. The van der Waals surface area contributed by atoms with E-state index < -0.39 is 0 Å². The highest BCUT2D eigenvalue weighted by Crippen LogP contribution is 2.53. The molecule has 10 rings (SSSR count). The highest BCUT2D eigenvalue weighted by Gasteiger charge is 2.24. The lowest BCUT2D eigenvalue weighted by molar-refractivity contribution is 1.40. The summed E-state index contributed by atoms with van der Waals surface area (Å²) in [7, 11) is 0. The first-order valence-corrected chi connectivity index (χ1v) is 16.3. The molecular formula is C44H26S. The second-order valence-electron chi connectivity index (χ2n) is 12.0. The van der Waals surface area contributed by atoms with Gasteiger partial charge in [-0.1, -0.05) is 157 Å². The van der Waals surface area contributed by atoms with Gasteiger partial charge in [-0.2, -0.15) is 0 Å². The van der Waals surface area contributed by atoms with E-state index in [0.717, 1.165) is 0 Å². The average molecular weight is 587 g/mol. The van der Waals surface area contributed by atoms with Crippen LogP contribution in [0.25, 0.3) is 87.2 Å². The normalized spacial score (nSPS) is 12.4. The molecule has 9 aromatic carbocycles. The molecule has 0 bridgehead atoms. The van der Waals surface area contributed by atoms with Crippen molar-refractivity contribution >= 4 is 65.6 Å². The number of benzene rings is 9. The zero-order valence-corrected chi connectivity index (χ0v) is 25.2. The van der Waals surface area contributed by atoms with Crippen LogP contribution >= 0.6 is 11.8 Å². The topological polar surface area (TPSA) is 0 Å². The lowest BCUT2D eigenvalue weighted by Gasteiger charge is -2.24. The van der Waals surface area contributed by atoms with Crippen molar-refractivity contribution in [2.75, 3.05) is 0 Å². The van der Waals surface area contributed by atoms with Gasteiger partial charge in [-0.3, -0.25) is 0 Å². The summed E-state index contributed by atoms with van der Waals surface area (Å²) >= 11 is 1.89. The molecule has 0 atom stereocenters. The Morgan fingerprint density at radius 2 is 0.844 bits per heavy atom. The Balaban J connectivity index is 1.42. The molecule has 0 radical (unpaired) electrons. The van der Waals surface area contributed by atoms with Gasteiger partial charge in [0.15, 0.2) is 0 Å². The van der Waals surface area contributed by atoms with Crippen LogP contribution in [-0.4, -0.2) is 0 Å². The second-order valence-corrected chi connectivity index (χ2v) is 13.1. The zero-order valence-electron chi connectivity index (χ0n) is 24.4. The van der Waals surface area contributed by atoms with Crippen LogP contribution in [0.5, 0.6) is 0 Å². The Kier molecular flexibility index (Phi) is 5.31. The van der Waals surface area contributed by atoms with Gasteiger partial charge in [-0.15, -0.1) is 0 Å². The first-order chi connectivity index (χ1) is 22.3. The lowest BCUT2D eigenvalue weighted by Crippen LogP contribution is -1.96. The molecule has 1 aliphatic heterocycles. The predicted molar refractivity (Wildman–Crippen MR) is 194 cm³/mol. The van der Waals surface area contributed by atoms with Gasteiger partial charge < -0.3 is 0 Å². The summed E-state index contributed by atoms with van der Waals surface area (Å²) in [6.07, 6.45) is 0. The maximum Gasteiger partial charge on any atom is 0.0207 e. The first-order valence-electron chi connectivity index (χ1n) is 15.5. The minimum absolute atomic E-state index is 1.26. The average Bonchev–Trinajstić information content (AvgIpc) is 3.11. The van der Waals surface area contributed by atoms with Crippen LogP contribution < -0.4 is 0 Å². The Morgan fingerprint density at radius 1 is 0.267 bits per heavy atom. The Morgan fingerprint density at radius 3 is 1.71 bits per heavy atom. The Hall–Kier alpha value is -5.37. The smallest absolute Gasteiger partial charge is 0.0207 e. The summed E-state index contributed by atoms with van der Waals surface area (Å²) in [4.78, 5) is 2.65.